The van der Waals surface area contributed by atoms with Crippen molar-refractivity contribution in [2.75, 3.05) is 5.32 Å². The molecule has 0 saturated carbocycles. The van der Waals surface area contributed by atoms with Crippen LogP contribution in [0, 0.1) is 0 Å². The first-order valence-electron chi connectivity index (χ1n) is 4.56. The van der Waals surface area contributed by atoms with Crippen molar-refractivity contribution >= 4 is 23.0 Å². The van der Waals surface area contributed by atoms with Crippen LogP contribution in [0.5, 0.6) is 5.75 Å². The minimum Gasteiger partial charge on any atom is -0.508 e. The van der Waals surface area contributed by atoms with E-state index in [0.717, 1.165) is 11.4 Å². The van der Waals surface area contributed by atoms with Crippen molar-refractivity contribution in [3.63, 3.8) is 0 Å². The van der Waals surface area contributed by atoms with Crippen LogP contribution < -0.4 is 5.32 Å². The number of rotatable bonds is 2. The molecular weight excluding hydrogens is 210 g/mol. The van der Waals surface area contributed by atoms with Crippen LogP contribution in [-0.2, 0) is 0 Å². The molecule has 2 rings (SSSR count). The smallest absolute Gasteiger partial charge is 0.117 e. The molecule has 0 amide bonds. The van der Waals surface area contributed by atoms with E-state index in [-0.39, 0.29) is 5.75 Å². The van der Waals surface area contributed by atoms with Gasteiger partial charge in [-0.25, -0.2) is 0 Å². The van der Waals surface area contributed by atoms with Gasteiger partial charge in [-0.3, -0.25) is 0 Å². The zero-order valence-electron chi connectivity index (χ0n) is 7.94. The van der Waals surface area contributed by atoms with Crippen molar-refractivity contribution in [1.82, 2.24) is 0 Å². The fraction of sp³-hybridized carbons (Fsp3) is 0. The first-order valence-corrected chi connectivity index (χ1v) is 4.94. The molecule has 0 aliphatic rings. The third kappa shape index (κ3) is 2.42. The summed E-state index contributed by atoms with van der Waals surface area (Å²) in [6, 6.07) is 14.6. The lowest BCUT2D eigenvalue weighted by Gasteiger charge is -2.08. The number of anilines is 2. The molecule has 3 heteroatoms. The maximum Gasteiger partial charge on any atom is 0.117 e. The first kappa shape index (κ1) is 9.87. The monoisotopic (exact) mass is 219 g/mol. The molecule has 0 atom stereocenters. The summed E-state index contributed by atoms with van der Waals surface area (Å²) in [5, 5.41) is 12.8. The molecule has 2 N–H and O–H groups in total. The third-order valence-corrected chi connectivity index (χ3v) is 2.32. The summed E-state index contributed by atoms with van der Waals surface area (Å²) in [6.07, 6.45) is 0. The normalized spacial score (nSPS) is 9.93. The van der Waals surface area contributed by atoms with E-state index in [0.29, 0.717) is 5.02 Å². The fourth-order valence-electron chi connectivity index (χ4n) is 1.28. The molecular formula is C12H10ClNO. The van der Waals surface area contributed by atoms with Crippen LogP contribution in [0.2, 0.25) is 5.02 Å². The van der Waals surface area contributed by atoms with Gasteiger partial charge in [0.15, 0.2) is 0 Å². The highest BCUT2D eigenvalue weighted by molar-refractivity contribution is 6.33. The molecule has 0 bridgehead atoms. The third-order valence-electron chi connectivity index (χ3n) is 2.01. The van der Waals surface area contributed by atoms with Crippen molar-refractivity contribution in [3.05, 3.63) is 53.6 Å². The van der Waals surface area contributed by atoms with Gasteiger partial charge in [0.25, 0.3) is 0 Å². The van der Waals surface area contributed by atoms with Gasteiger partial charge < -0.3 is 10.4 Å². The van der Waals surface area contributed by atoms with Gasteiger partial charge in [0, 0.05) is 11.8 Å². The van der Waals surface area contributed by atoms with Gasteiger partial charge in [-0.15, -0.1) is 0 Å². The maximum absolute atomic E-state index is 9.19. The number of hydrogen-bond acceptors (Lipinski definition) is 2. The van der Waals surface area contributed by atoms with Crippen molar-refractivity contribution in [3.8, 4) is 5.75 Å². The second-order valence-electron chi connectivity index (χ2n) is 3.16. The average molecular weight is 220 g/mol. The minimum absolute atomic E-state index is 0.165. The summed E-state index contributed by atoms with van der Waals surface area (Å²) in [6.45, 7) is 0. The van der Waals surface area contributed by atoms with Gasteiger partial charge in [-0.05, 0) is 24.3 Å². The Hall–Kier alpha value is -1.67. The molecule has 2 aromatic carbocycles. The molecule has 0 heterocycles. The van der Waals surface area contributed by atoms with E-state index in [1.165, 1.54) is 6.07 Å². The lowest BCUT2D eigenvalue weighted by molar-refractivity contribution is 0.475. The van der Waals surface area contributed by atoms with Gasteiger partial charge >= 0.3 is 0 Å². The molecule has 2 aromatic rings. The standard InChI is InChI=1S/C12H10ClNO/c13-11-8-10(15)6-7-12(11)14-9-4-2-1-3-5-9/h1-8,14-15H. The number of para-hydroxylation sites is 1. The molecule has 0 aromatic heterocycles. The van der Waals surface area contributed by atoms with E-state index in [4.69, 9.17) is 11.6 Å². The molecule has 0 spiro atoms. The van der Waals surface area contributed by atoms with Crippen molar-refractivity contribution in [2.24, 2.45) is 0 Å². The fourth-order valence-corrected chi connectivity index (χ4v) is 1.50. The zero-order chi connectivity index (χ0) is 10.7. The van der Waals surface area contributed by atoms with Crippen LogP contribution in [0.25, 0.3) is 0 Å². The van der Waals surface area contributed by atoms with Crippen LogP contribution >= 0.6 is 11.6 Å². The molecule has 0 aliphatic heterocycles. The Kier molecular flexibility index (Phi) is 2.79. The molecule has 0 aliphatic carbocycles. The Morgan fingerprint density at radius 2 is 1.73 bits per heavy atom. The van der Waals surface area contributed by atoms with E-state index in [2.05, 4.69) is 5.32 Å². The summed E-state index contributed by atoms with van der Waals surface area (Å²) < 4.78 is 0. The highest BCUT2D eigenvalue weighted by Crippen LogP contribution is 2.28. The van der Waals surface area contributed by atoms with Crippen molar-refractivity contribution in [2.45, 2.75) is 0 Å². The molecule has 0 saturated heterocycles. The summed E-state index contributed by atoms with van der Waals surface area (Å²) in [5.41, 5.74) is 1.74. The summed E-state index contributed by atoms with van der Waals surface area (Å²) in [4.78, 5) is 0. The number of phenolic OH excluding ortho intramolecular Hbond substituents is 1. The highest BCUT2D eigenvalue weighted by Gasteiger charge is 2.00. The van der Waals surface area contributed by atoms with E-state index in [1.807, 2.05) is 30.3 Å². The number of benzene rings is 2. The first-order chi connectivity index (χ1) is 7.25. The zero-order valence-corrected chi connectivity index (χ0v) is 8.70. The van der Waals surface area contributed by atoms with Gasteiger partial charge in [0.05, 0.1) is 10.7 Å². The lowest BCUT2D eigenvalue weighted by Crippen LogP contribution is -1.89. The van der Waals surface area contributed by atoms with Gasteiger partial charge in [0.2, 0.25) is 0 Å². The van der Waals surface area contributed by atoms with E-state index in [9.17, 15) is 5.11 Å². The van der Waals surface area contributed by atoms with Gasteiger partial charge in [0.1, 0.15) is 5.75 Å². The van der Waals surface area contributed by atoms with E-state index in [1.54, 1.807) is 12.1 Å². The quantitative estimate of drug-likeness (QED) is 0.754. The number of hydrogen-bond donors (Lipinski definition) is 2. The largest absolute Gasteiger partial charge is 0.508 e. The summed E-state index contributed by atoms with van der Waals surface area (Å²) in [7, 11) is 0. The number of phenols is 1. The predicted molar refractivity (Wildman–Crippen MR) is 62.8 cm³/mol. The molecule has 0 unspecified atom stereocenters. The summed E-state index contributed by atoms with van der Waals surface area (Å²) >= 11 is 5.96. The lowest BCUT2D eigenvalue weighted by atomic mass is 10.2. The Labute approximate surface area is 93.1 Å². The number of halogens is 1. The second-order valence-corrected chi connectivity index (χ2v) is 3.56. The summed E-state index contributed by atoms with van der Waals surface area (Å²) in [5.74, 6) is 0.165. The average Bonchev–Trinajstić information content (AvgIpc) is 2.24. The van der Waals surface area contributed by atoms with Crippen LogP contribution in [0.15, 0.2) is 48.5 Å². The second kappa shape index (κ2) is 4.24. The SMILES string of the molecule is Oc1ccc(Nc2ccccc2)c(Cl)c1. The highest BCUT2D eigenvalue weighted by atomic mass is 35.5. The number of nitrogens with one attached hydrogen (secondary N) is 1. The van der Waals surface area contributed by atoms with Gasteiger partial charge in [-0.1, -0.05) is 29.8 Å². The minimum atomic E-state index is 0.165. The van der Waals surface area contributed by atoms with E-state index >= 15 is 0 Å². The van der Waals surface area contributed by atoms with Crippen LogP contribution in [0.4, 0.5) is 11.4 Å². The molecule has 2 nitrogen and oxygen atoms in total. The Morgan fingerprint density at radius 1 is 1.00 bits per heavy atom. The molecule has 0 fully saturated rings. The van der Waals surface area contributed by atoms with Crippen LogP contribution in [0.3, 0.4) is 0 Å². The van der Waals surface area contributed by atoms with Crippen molar-refractivity contribution in [1.29, 1.82) is 0 Å². The Balaban J connectivity index is 2.25. The van der Waals surface area contributed by atoms with Crippen molar-refractivity contribution < 1.29 is 5.11 Å². The molecule has 15 heavy (non-hydrogen) atoms. The topological polar surface area (TPSA) is 32.3 Å². The Bertz CT molecular complexity index is 456. The van der Waals surface area contributed by atoms with Gasteiger partial charge in [-0.2, -0.15) is 0 Å². The van der Waals surface area contributed by atoms with Crippen LogP contribution in [-0.4, -0.2) is 5.11 Å². The van der Waals surface area contributed by atoms with E-state index < -0.39 is 0 Å². The predicted octanol–water partition coefficient (Wildman–Crippen LogP) is 3.79. The maximum atomic E-state index is 9.19. The van der Waals surface area contributed by atoms with Crippen LogP contribution in [0.1, 0.15) is 0 Å². The Morgan fingerprint density at radius 3 is 2.40 bits per heavy atom. The molecule has 0 radical (unpaired) electrons. The number of aromatic hydroxyl groups is 1. The molecule has 76 valence electrons.